The quantitative estimate of drug-likeness (QED) is 0.261. The van der Waals surface area contributed by atoms with E-state index >= 15 is 0 Å². The van der Waals surface area contributed by atoms with Crippen LogP contribution >= 0.6 is 0 Å². The second-order valence-corrected chi connectivity index (χ2v) is 11.1. The lowest BCUT2D eigenvalue weighted by Crippen LogP contribution is -2.44. The van der Waals surface area contributed by atoms with Crippen molar-refractivity contribution in [3.63, 3.8) is 0 Å². The van der Waals surface area contributed by atoms with Gasteiger partial charge in [0.1, 0.15) is 18.4 Å². The lowest BCUT2D eigenvalue weighted by atomic mass is 9.98. The molecule has 0 radical (unpaired) electrons. The highest BCUT2D eigenvalue weighted by atomic mass is 16.5. The van der Waals surface area contributed by atoms with E-state index in [0.717, 1.165) is 52.8 Å². The van der Waals surface area contributed by atoms with Crippen molar-refractivity contribution < 1.29 is 19.4 Å². The highest BCUT2D eigenvalue weighted by Gasteiger charge is 2.31. The maximum atomic E-state index is 14.0. The van der Waals surface area contributed by atoms with Gasteiger partial charge in [-0.25, -0.2) is 0 Å². The maximum absolute atomic E-state index is 14.0. The third kappa shape index (κ3) is 6.01. The summed E-state index contributed by atoms with van der Waals surface area (Å²) in [7, 11) is 0. The third-order valence-electron chi connectivity index (χ3n) is 8.39. The number of hydrogen-bond acceptors (Lipinski definition) is 5. The largest absolute Gasteiger partial charge is 0.489 e. The van der Waals surface area contributed by atoms with E-state index in [9.17, 15) is 20.0 Å². The molecule has 0 saturated carbocycles. The monoisotopic (exact) mass is 571 g/mol. The van der Waals surface area contributed by atoms with Gasteiger partial charge in [-0.15, -0.1) is 0 Å². The predicted molar refractivity (Wildman–Crippen MR) is 165 cm³/mol. The Hall–Kier alpha value is -4.93. The van der Waals surface area contributed by atoms with Crippen LogP contribution in [0.15, 0.2) is 91.0 Å². The molecule has 2 heterocycles. The second kappa shape index (κ2) is 12.5. The van der Waals surface area contributed by atoms with Gasteiger partial charge in [-0.3, -0.25) is 14.5 Å². The number of nitrogens with zero attached hydrogens (tertiary/aromatic N) is 3. The zero-order chi connectivity index (χ0) is 29.8. The van der Waals surface area contributed by atoms with E-state index in [1.54, 1.807) is 18.2 Å². The Kier molecular flexibility index (Phi) is 8.21. The number of carboxylic acids is 1. The summed E-state index contributed by atoms with van der Waals surface area (Å²) >= 11 is 0. The molecule has 2 aliphatic heterocycles. The lowest BCUT2D eigenvalue weighted by Gasteiger charge is -2.33. The molecule has 1 N–H and O–H groups in total. The molecule has 2 aliphatic rings. The van der Waals surface area contributed by atoms with Gasteiger partial charge in [-0.1, -0.05) is 67.1 Å². The smallest absolute Gasteiger partial charge is 0.320 e. The summed E-state index contributed by atoms with van der Waals surface area (Å²) in [6.45, 7) is 1.90. The Labute approximate surface area is 251 Å². The van der Waals surface area contributed by atoms with Gasteiger partial charge in [0.15, 0.2) is 0 Å². The Bertz CT molecular complexity index is 1690. The summed E-state index contributed by atoms with van der Waals surface area (Å²) in [5.74, 6) is -0.376. The molecule has 216 valence electrons. The Morgan fingerprint density at radius 3 is 2.58 bits per heavy atom. The summed E-state index contributed by atoms with van der Waals surface area (Å²) in [6.07, 6.45) is 3.22. The highest BCUT2D eigenvalue weighted by Crippen LogP contribution is 2.37. The van der Waals surface area contributed by atoms with Crippen molar-refractivity contribution in [2.75, 3.05) is 18.0 Å². The van der Waals surface area contributed by atoms with Gasteiger partial charge < -0.3 is 14.7 Å². The maximum Gasteiger partial charge on any atom is 0.320 e. The van der Waals surface area contributed by atoms with Crippen LogP contribution in [0, 0.1) is 11.3 Å². The van der Waals surface area contributed by atoms with Gasteiger partial charge in [0.2, 0.25) is 0 Å². The molecule has 1 atom stereocenters. The van der Waals surface area contributed by atoms with Crippen LogP contribution in [0.5, 0.6) is 5.75 Å². The minimum absolute atomic E-state index is 0.103. The molecule has 7 heteroatoms. The number of anilines is 1. The number of carbonyl (C=O) groups is 2. The van der Waals surface area contributed by atoms with E-state index in [1.165, 1.54) is 0 Å². The normalized spacial score (nSPS) is 16.3. The number of benzene rings is 4. The summed E-state index contributed by atoms with van der Waals surface area (Å²) in [6, 6.07) is 30.7. The number of nitriles is 1. The van der Waals surface area contributed by atoms with Crippen LogP contribution in [-0.4, -0.2) is 41.0 Å². The van der Waals surface area contributed by atoms with Crippen LogP contribution in [0.4, 0.5) is 5.69 Å². The number of aliphatic carboxylic acids is 1. The van der Waals surface area contributed by atoms with Gasteiger partial charge in [0, 0.05) is 29.9 Å². The van der Waals surface area contributed by atoms with E-state index in [-0.39, 0.29) is 12.5 Å². The molecule has 1 fully saturated rings. The predicted octanol–water partition coefficient (Wildman–Crippen LogP) is 6.45. The average molecular weight is 572 g/mol. The van der Waals surface area contributed by atoms with E-state index in [4.69, 9.17) is 4.74 Å². The fraction of sp³-hybridized carbons (Fsp3) is 0.250. The average Bonchev–Trinajstić information content (AvgIpc) is 3.49. The SMILES string of the molecule is N#Cc1cccc(COc2cc(C(=O)N3CCc4c(-c5ccccc5)cccc43)ccc2CN2CCCCC2C(=O)O)c1. The number of carboxylic acid groups (broad SMARTS) is 1. The van der Waals surface area contributed by atoms with Crippen molar-refractivity contribution in [3.8, 4) is 22.9 Å². The van der Waals surface area contributed by atoms with Crippen molar-refractivity contribution in [1.82, 2.24) is 4.90 Å². The number of amides is 1. The number of piperidine rings is 1. The number of rotatable bonds is 8. The Morgan fingerprint density at radius 2 is 1.77 bits per heavy atom. The van der Waals surface area contributed by atoms with Crippen molar-refractivity contribution in [1.29, 1.82) is 5.26 Å². The molecular weight excluding hydrogens is 538 g/mol. The van der Waals surface area contributed by atoms with Crippen LogP contribution in [0.2, 0.25) is 0 Å². The number of carbonyl (C=O) groups excluding carboxylic acids is 1. The zero-order valence-corrected chi connectivity index (χ0v) is 23.9. The van der Waals surface area contributed by atoms with E-state index in [0.29, 0.717) is 42.9 Å². The van der Waals surface area contributed by atoms with E-state index < -0.39 is 12.0 Å². The first-order valence-electron chi connectivity index (χ1n) is 14.7. The fourth-order valence-electron chi connectivity index (χ4n) is 6.21. The van der Waals surface area contributed by atoms with Gasteiger partial charge in [0.05, 0.1) is 11.6 Å². The van der Waals surface area contributed by atoms with Gasteiger partial charge in [0.25, 0.3) is 5.91 Å². The molecule has 4 aromatic rings. The molecule has 0 bridgehead atoms. The molecule has 7 nitrogen and oxygen atoms in total. The van der Waals surface area contributed by atoms with Crippen molar-refractivity contribution in [3.05, 3.63) is 119 Å². The molecule has 6 rings (SSSR count). The summed E-state index contributed by atoms with van der Waals surface area (Å²) in [5.41, 5.74) is 7.08. The van der Waals surface area contributed by atoms with Crippen LogP contribution in [0.25, 0.3) is 11.1 Å². The summed E-state index contributed by atoms with van der Waals surface area (Å²) < 4.78 is 6.31. The van der Waals surface area contributed by atoms with Crippen molar-refractivity contribution >= 4 is 17.6 Å². The van der Waals surface area contributed by atoms with Crippen LogP contribution in [0.1, 0.15) is 51.9 Å². The molecule has 1 saturated heterocycles. The lowest BCUT2D eigenvalue weighted by molar-refractivity contribution is -0.144. The molecule has 1 unspecified atom stereocenters. The van der Waals surface area contributed by atoms with Crippen molar-refractivity contribution in [2.24, 2.45) is 0 Å². The Balaban J connectivity index is 1.30. The van der Waals surface area contributed by atoms with Crippen LogP contribution in [-0.2, 0) is 24.4 Å². The molecule has 0 aromatic heterocycles. The highest BCUT2D eigenvalue weighted by molar-refractivity contribution is 6.08. The molecular formula is C36H33N3O4. The van der Waals surface area contributed by atoms with Crippen molar-refractivity contribution in [2.45, 2.75) is 44.9 Å². The number of ether oxygens (including phenoxy) is 1. The zero-order valence-electron chi connectivity index (χ0n) is 23.9. The second-order valence-electron chi connectivity index (χ2n) is 11.1. The number of likely N-dealkylation sites (tertiary alicyclic amines) is 1. The first-order valence-corrected chi connectivity index (χ1v) is 14.7. The Morgan fingerprint density at radius 1 is 0.930 bits per heavy atom. The minimum Gasteiger partial charge on any atom is -0.489 e. The topological polar surface area (TPSA) is 93.9 Å². The fourth-order valence-corrected chi connectivity index (χ4v) is 6.21. The summed E-state index contributed by atoms with van der Waals surface area (Å²) in [4.78, 5) is 29.7. The molecule has 0 aliphatic carbocycles. The van der Waals surface area contributed by atoms with Crippen LogP contribution < -0.4 is 9.64 Å². The number of fused-ring (bicyclic) bond motifs is 1. The van der Waals surface area contributed by atoms with Gasteiger partial charge >= 0.3 is 5.97 Å². The third-order valence-corrected chi connectivity index (χ3v) is 8.39. The standard InChI is InChI=1S/C36H33N3O4/c37-22-25-8-6-9-26(20-25)24-43-34-21-28(15-16-29(34)23-38-18-5-4-13-33(38)36(41)42)35(40)39-19-17-31-30(12-7-14-32(31)39)27-10-2-1-3-11-27/h1-3,6-12,14-16,20-21,33H,4-5,13,17-19,23-24H2,(H,41,42). The molecule has 43 heavy (non-hydrogen) atoms. The molecule has 1 amide bonds. The molecule has 4 aromatic carbocycles. The van der Waals surface area contributed by atoms with Crippen LogP contribution in [0.3, 0.4) is 0 Å². The number of hydrogen-bond donors (Lipinski definition) is 1. The summed E-state index contributed by atoms with van der Waals surface area (Å²) in [5, 5.41) is 19.1. The first-order chi connectivity index (χ1) is 21.0. The van der Waals surface area contributed by atoms with Gasteiger partial charge in [-0.2, -0.15) is 5.26 Å². The molecule has 0 spiro atoms. The first kappa shape index (κ1) is 28.2. The van der Waals surface area contributed by atoms with Gasteiger partial charge in [-0.05, 0) is 78.4 Å². The minimum atomic E-state index is -0.815. The van der Waals surface area contributed by atoms with E-state index in [1.807, 2.05) is 64.4 Å². The van der Waals surface area contributed by atoms with E-state index in [2.05, 4.69) is 24.3 Å².